The van der Waals surface area contributed by atoms with Crippen molar-refractivity contribution in [2.45, 2.75) is 17.8 Å². The highest BCUT2D eigenvalue weighted by Gasteiger charge is 2.54. The first-order valence-electron chi connectivity index (χ1n) is 18.2. The average Bonchev–Trinajstić information content (AvgIpc) is 3.85. The van der Waals surface area contributed by atoms with Gasteiger partial charge in [0.05, 0.1) is 5.41 Å². The monoisotopic (exact) mass is 662 g/mol. The molecule has 2 aliphatic rings. The van der Waals surface area contributed by atoms with Gasteiger partial charge in [0.2, 0.25) is 0 Å². The van der Waals surface area contributed by atoms with E-state index in [1.807, 2.05) is 6.07 Å². The Morgan fingerprint density at radius 3 is 1.62 bits per heavy atom. The van der Waals surface area contributed by atoms with Crippen LogP contribution in [0.25, 0.3) is 55.3 Å². The lowest BCUT2D eigenvalue weighted by molar-refractivity contribution is 0.656. The van der Waals surface area contributed by atoms with E-state index in [0.717, 1.165) is 21.9 Å². The molecule has 0 fully saturated rings. The summed E-state index contributed by atoms with van der Waals surface area (Å²) in [5.41, 5.74) is 17.7. The minimum atomic E-state index is -0.533. The molecule has 244 valence electrons. The minimum absolute atomic E-state index is 0.465. The van der Waals surface area contributed by atoms with Gasteiger partial charge in [-0.25, -0.2) is 0 Å². The predicted molar refractivity (Wildman–Crippen MR) is 214 cm³/mol. The molecule has 52 heavy (non-hydrogen) atoms. The minimum Gasteiger partial charge on any atom is -0.456 e. The molecule has 1 aromatic heterocycles. The van der Waals surface area contributed by atoms with Gasteiger partial charge < -0.3 is 4.42 Å². The Hall–Kier alpha value is -6.44. The lowest BCUT2D eigenvalue weighted by Gasteiger charge is -2.39. The highest BCUT2D eigenvalue weighted by Crippen LogP contribution is 2.65. The molecule has 2 aliphatic carbocycles. The van der Waals surface area contributed by atoms with Gasteiger partial charge in [-0.3, -0.25) is 0 Å². The van der Waals surface area contributed by atoms with Gasteiger partial charge in [-0.2, -0.15) is 0 Å². The van der Waals surface area contributed by atoms with Crippen LogP contribution in [-0.4, -0.2) is 0 Å². The topological polar surface area (TPSA) is 13.1 Å². The van der Waals surface area contributed by atoms with Gasteiger partial charge in [0.25, 0.3) is 0 Å². The van der Waals surface area contributed by atoms with Gasteiger partial charge in [0, 0.05) is 16.2 Å². The Morgan fingerprint density at radius 1 is 0.404 bits per heavy atom. The largest absolute Gasteiger partial charge is 0.456 e. The fourth-order valence-corrected chi connectivity index (χ4v) is 9.71. The second-order valence-corrected chi connectivity index (χ2v) is 14.5. The number of rotatable bonds is 4. The Morgan fingerprint density at radius 2 is 0.923 bits per heavy atom. The van der Waals surface area contributed by atoms with E-state index in [4.69, 9.17) is 4.42 Å². The first kappa shape index (κ1) is 29.3. The summed E-state index contributed by atoms with van der Waals surface area (Å²) in [6.45, 7) is 2.44. The molecule has 0 aliphatic heterocycles. The van der Waals surface area contributed by atoms with E-state index in [-0.39, 0.29) is 0 Å². The van der Waals surface area contributed by atoms with Crippen LogP contribution >= 0.6 is 0 Å². The second-order valence-electron chi connectivity index (χ2n) is 14.5. The van der Waals surface area contributed by atoms with Crippen molar-refractivity contribution in [3.05, 3.63) is 227 Å². The molecule has 0 N–H and O–H groups in total. The van der Waals surface area contributed by atoms with Crippen LogP contribution in [0.1, 0.15) is 45.9 Å². The van der Waals surface area contributed by atoms with Crippen LogP contribution in [0.15, 0.2) is 192 Å². The maximum atomic E-state index is 6.37. The van der Waals surface area contributed by atoms with Crippen molar-refractivity contribution in [1.29, 1.82) is 0 Å². The molecular formula is C51H34O. The standard InChI is InChI=1S/C51H34O/c1-50(35-28-26-34(27-29-35)33-14-3-2-4-15-33,36-30-31-48-42(32-36)40-19-8-12-25-47(40)52-48)46-24-13-20-41-39-18-7-11-23-45(39)51(49(41)46)43-21-9-5-16-37(43)38-17-6-10-22-44(38)51/h2-32H,1H3/t50-/m1/s1. The summed E-state index contributed by atoms with van der Waals surface area (Å²) in [6.07, 6.45) is 0. The smallest absolute Gasteiger partial charge is 0.135 e. The fourth-order valence-electron chi connectivity index (χ4n) is 9.71. The van der Waals surface area contributed by atoms with Crippen LogP contribution in [0, 0.1) is 0 Å². The molecule has 0 saturated heterocycles. The Balaban J connectivity index is 1.25. The van der Waals surface area contributed by atoms with E-state index >= 15 is 0 Å². The second kappa shape index (κ2) is 10.8. The van der Waals surface area contributed by atoms with E-state index < -0.39 is 10.8 Å². The molecule has 11 rings (SSSR count). The summed E-state index contributed by atoms with van der Waals surface area (Å²) in [4.78, 5) is 0. The third kappa shape index (κ3) is 3.78. The van der Waals surface area contributed by atoms with E-state index in [0.29, 0.717) is 0 Å². The van der Waals surface area contributed by atoms with Crippen LogP contribution in [0.4, 0.5) is 0 Å². The molecule has 0 saturated carbocycles. The summed E-state index contributed by atoms with van der Waals surface area (Å²) < 4.78 is 6.37. The zero-order valence-electron chi connectivity index (χ0n) is 28.8. The van der Waals surface area contributed by atoms with E-state index in [9.17, 15) is 0 Å². The molecule has 0 bridgehead atoms. The number of fused-ring (bicyclic) bond motifs is 13. The Kier molecular flexibility index (Phi) is 6.08. The van der Waals surface area contributed by atoms with E-state index in [1.54, 1.807) is 0 Å². The van der Waals surface area contributed by atoms with Gasteiger partial charge in [-0.05, 0) is 97.4 Å². The highest BCUT2D eigenvalue weighted by atomic mass is 16.3. The average molecular weight is 663 g/mol. The van der Waals surface area contributed by atoms with E-state index in [2.05, 4.69) is 189 Å². The number of para-hydroxylation sites is 1. The molecular weight excluding hydrogens is 629 g/mol. The zero-order valence-corrected chi connectivity index (χ0v) is 28.8. The Labute approximate surface area is 303 Å². The van der Waals surface area contributed by atoms with Crippen LogP contribution in [-0.2, 0) is 10.8 Å². The molecule has 8 aromatic carbocycles. The fraction of sp³-hybridized carbons (Fsp3) is 0.0588. The molecule has 9 aromatic rings. The van der Waals surface area contributed by atoms with Crippen molar-refractivity contribution in [1.82, 2.24) is 0 Å². The van der Waals surface area contributed by atoms with Crippen molar-refractivity contribution in [2.24, 2.45) is 0 Å². The number of furan rings is 1. The quantitative estimate of drug-likeness (QED) is 0.171. The first-order chi connectivity index (χ1) is 25.7. The molecule has 1 atom stereocenters. The number of hydrogen-bond acceptors (Lipinski definition) is 1. The van der Waals surface area contributed by atoms with Gasteiger partial charge >= 0.3 is 0 Å². The van der Waals surface area contributed by atoms with Crippen molar-refractivity contribution in [3.8, 4) is 33.4 Å². The summed E-state index contributed by atoms with van der Waals surface area (Å²) in [6, 6.07) is 69.5. The number of hydrogen-bond donors (Lipinski definition) is 0. The molecule has 1 heteroatoms. The van der Waals surface area contributed by atoms with Crippen molar-refractivity contribution in [2.75, 3.05) is 0 Å². The summed E-state index contributed by atoms with van der Waals surface area (Å²) in [5.74, 6) is 0. The van der Waals surface area contributed by atoms with Gasteiger partial charge in [0.1, 0.15) is 11.2 Å². The third-order valence-electron chi connectivity index (χ3n) is 12.1. The van der Waals surface area contributed by atoms with Crippen LogP contribution < -0.4 is 0 Å². The van der Waals surface area contributed by atoms with Crippen LogP contribution in [0.2, 0.25) is 0 Å². The molecule has 1 spiro atoms. The maximum Gasteiger partial charge on any atom is 0.135 e. The summed E-state index contributed by atoms with van der Waals surface area (Å²) in [7, 11) is 0. The summed E-state index contributed by atoms with van der Waals surface area (Å²) >= 11 is 0. The van der Waals surface area contributed by atoms with Crippen LogP contribution in [0.3, 0.4) is 0 Å². The predicted octanol–water partition coefficient (Wildman–Crippen LogP) is 13.0. The van der Waals surface area contributed by atoms with Gasteiger partial charge in [-0.1, -0.05) is 170 Å². The zero-order chi connectivity index (χ0) is 34.4. The van der Waals surface area contributed by atoms with Crippen molar-refractivity contribution in [3.63, 3.8) is 0 Å². The number of benzene rings is 8. The molecule has 0 amide bonds. The lowest BCUT2D eigenvalue weighted by atomic mass is 9.62. The lowest BCUT2D eigenvalue weighted by Crippen LogP contribution is -2.33. The van der Waals surface area contributed by atoms with Crippen LogP contribution in [0.5, 0.6) is 0 Å². The molecule has 1 nitrogen and oxygen atoms in total. The van der Waals surface area contributed by atoms with Gasteiger partial charge in [-0.15, -0.1) is 0 Å². The van der Waals surface area contributed by atoms with Crippen molar-refractivity contribution >= 4 is 21.9 Å². The SMILES string of the molecule is C[C@@](c1ccc(-c2ccccc2)cc1)(c1ccc2oc3ccccc3c2c1)c1cccc2c1C1(c3ccccc3-c3ccccc31)c1ccccc1-2. The first-order valence-corrected chi connectivity index (χ1v) is 18.2. The Bertz CT molecular complexity index is 2790. The maximum absolute atomic E-state index is 6.37. The molecule has 0 radical (unpaired) electrons. The highest BCUT2D eigenvalue weighted by molar-refractivity contribution is 6.05. The van der Waals surface area contributed by atoms with Crippen molar-refractivity contribution < 1.29 is 4.42 Å². The van der Waals surface area contributed by atoms with Gasteiger partial charge in [0.15, 0.2) is 0 Å². The molecule has 1 heterocycles. The normalized spacial score (nSPS) is 14.6. The summed E-state index contributed by atoms with van der Waals surface area (Å²) in [5, 5.41) is 2.28. The van der Waals surface area contributed by atoms with E-state index in [1.165, 1.54) is 72.3 Å². The molecule has 0 unspecified atom stereocenters. The third-order valence-corrected chi connectivity index (χ3v) is 12.1.